The van der Waals surface area contributed by atoms with Gasteiger partial charge in [0.1, 0.15) is 0 Å². The van der Waals surface area contributed by atoms with Gasteiger partial charge in [-0.25, -0.2) is 0 Å². The molecule has 2 fully saturated rings. The molecular weight excluding hydrogens is 320 g/mol. The van der Waals surface area contributed by atoms with E-state index in [1.807, 2.05) is 24.9 Å². The van der Waals surface area contributed by atoms with Crippen molar-refractivity contribution in [2.75, 3.05) is 39.0 Å². The molecule has 1 aromatic rings. The van der Waals surface area contributed by atoms with Crippen molar-refractivity contribution in [1.82, 2.24) is 15.5 Å². The average Bonchev–Trinajstić information content (AvgIpc) is 2.96. The van der Waals surface area contributed by atoms with E-state index in [4.69, 9.17) is 0 Å². The van der Waals surface area contributed by atoms with Gasteiger partial charge < -0.3 is 15.5 Å². The van der Waals surface area contributed by atoms with Crippen molar-refractivity contribution in [3.05, 3.63) is 30.3 Å². The lowest BCUT2D eigenvalue weighted by molar-refractivity contribution is -0.119. The van der Waals surface area contributed by atoms with Gasteiger partial charge in [-0.15, -0.1) is 11.8 Å². The van der Waals surface area contributed by atoms with E-state index in [0.29, 0.717) is 6.42 Å². The Bertz CT molecular complexity index is 592. The highest BCUT2D eigenvalue weighted by molar-refractivity contribution is 7.99. The topological polar surface area (TPSA) is 56.7 Å². The quantitative estimate of drug-likeness (QED) is 0.379. The number of nitrogens with one attached hydrogen (secondary N) is 2. The molecule has 1 amide bonds. The van der Waals surface area contributed by atoms with Crippen LogP contribution >= 0.6 is 11.8 Å². The Morgan fingerprint density at radius 3 is 2.96 bits per heavy atom. The van der Waals surface area contributed by atoms with Crippen LogP contribution in [0.15, 0.2) is 40.2 Å². The molecular formula is C18H26N4OS. The standard InChI is InChI=1S/C18H26N4OS/c1-19-17(20-9-11-24-15-6-3-2-4-7-15)22-10-5-8-18(14-22)12-16(23)21-13-18/h2-4,6-7H,5,8-14H2,1H3,(H,19,20)(H,21,23). The molecule has 3 rings (SSSR count). The van der Waals surface area contributed by atoms with Crippen molar-refractivity contribution in [2.45, 2.75) is 24.2 Å². The maximum absolute atomic E-state index is 11.6. The van der Waals surface area contributed by atoms with E-state index in [9.17, 15) is 4.79 Å². The first-order chi connectivity index (χ1) is 11.7. The highest BCUT2D eigenvalue weighted by atomic mass is 32.2. The number of thioether (sulfide) groups is 1. The number of hydrogen-bond donors (Lipinski definition) is 2. The highest BCUT2D eigenvalue weighted by Gasteiger charge is 2.42. The molecule has 0 saturated carbocycles. The molecule has 5 nitrogen and oxygen atoms in total. The number of amides is 1. The normalized spacial score (nSPS) is 24.3. The van der Waals surface area contributed by atoms with Crippen LogP contribution in [0.4, 0.5) is 0 Å². The fourth-order valence-corrected chi connectivity index (χ4v) is 4.40. The van der Waals surface area contributed by atoms with Gasteiger partial charge in [0.25, 0.3) is 0 Å². The van der Waals surface area contributed by atoms with Gasteiger partial charge in [0.15, 0.2) is 5.96 Å². The van der Waals surface area contributed by atoms with E-state index >= 15 is 0 Å². The molecule has 1 unspecified atom stereocenters. The van der Waals surface area contributed by atoms with Gasteiger partial charge in [0.2, 0.25) is 5.91 Å². The summed E-state index contributed by atoms with van der Waals surface area (Å²) in [5, 5.41) is 6.48. The molecule has 1 aromatic carbocycles. The van der Waals surface area contributed by atoms with E-state index in [0.717, 1.165) is 50.7 Å². The van der Waals surface area contributed by atoms with Crippen molar-refractivity contribution in [2.24, 2.45) is 10.4 Å². The van der Waals surface area contributed by atoms with Crippen molar-refractivity contribution >= 4 is 23.6 Å². The zero-order chi connectivity index (χ0) is 16.8. The van der Waals surface area contributed by atoms with Gasteiger partial charge in [0, 0.05) is 55.7 Å². The number of guanidine groups is 1. The summed E-state index contributed by atoms with van der Waals surface area (Å²) in [4.78, 5) is 19.7. The highest BCUT2D eigenvalue weighted by Crippen LogP contribution is 2.35. The number of hydrogen-bond acceptors (Lipinski definition) is 3. The first kappa shape index (κ1) is 17.1. The number of nitrogens with zero attached hydrogens (tertiary/aromatic N) is 2. The largest absolute Gasteiger partial charge is 0.355 e. The van der Waals surface area contributed by atoms with Crippen LogP contribution in [0, 0.1) is 5.41 Å². The maximum Gasteiger partial charge on any atom is 0.220 e. The Morgan fingerprint density at radius 1 is 1.42 bits per heavy atom. The molecule has 6 heteroatoms. The Hall–Kier alpha value is -1.69. The fraction of sp³-hybridized carbons (Fsp3) is 0.556. The van der Waals surface area contributed by atoms with Crippen LogP contribution in [0.2, 0.25) is 0 Å². The molecule has 0 aromatic heterocycles. The zero-order valence-corrected chi connectivity index (χ0v) is 15.1. The Kier molecular flexibility index (Phi) is 5.66. The summed E-state index contributed by atoms with van der Waals surface area (Å²) < 4.78 is 0. The number of carbonyl (C=O) groups excluding carboxylic acids is 1. The monoisotopic (exact) mass is 346 g/mol. The maximum atomic E-state index is 11.6. The first-order valence-corrected chi connectivity index (χ1v) is 9.59. The zero-order valence-electron chi connectivity index (χ0n) is 14.3. The number of piperidine rings is 1. The van der Waals surface area contributed by atoms with Crippen LogP contribution in [0.1, 0.15) is 19.3 Å². The van der Waals surface area contributed by atoms with Crippen LogP contribution in [0.25, 0.3) is 0 Å². The van der Waals surface area contributed by atoms with E-state index in [2.05, 4.69) is 44.8 Å². The Labute approximate surface area is 148 Å². The minimum atomic E-state index is 0.103. The Morgan fingerprint density at radius 2 is 2.25 bits per heavy atom. The summed E-state index contributed by atoms with van der Waals surface area (Å²) in [7, 11) is 1.84. The van der Waals surface area contributed by atoms with Crippen LogP contribution in [-0.4, -0.2) is 55.7 Å². The number of aliphatic imine (C=N–C) groups is 1. The third-order valence-electron chi connectivity index (χ3n) is 4.77. The molecule has 1 atom stereocenters. The van der Waals surface area contributed by atoms with Crippen LogP contribution < -0.4 is 10.6 Å². The third-order valence-corrected chi connectivity index (χ3v) is 5.78. The molecule has 0 radical (unpaired) electrons. The lowest BCUT2D eigenvalue weighted by Gasteiger charge is -2.40. The van der Waals surface area contributed by atoms with Crippen molar-refractivity contribution in [3.8, 4) is 0 Å². The second kappa shape index (κ2) is 7.92. The lowest BCUT2D eigenvalue weighted by Crippen LogP contribution is -2.51. The predicted molar refractivity (Wildman–Crippen MR) is 99.4 cm³/mol. The summed E-state index contributed by atoms with van der Waals surface area (Å²) in [6, 6.07) is 10.5. The fourth-order valence-electron chi connectivity index (χ4n) is 3.61. The van der Waals surface area contributed by atoms with E-state index in [1.165, 1.54) is 4.90 Å². The number of benzene rings is 1. The Balaban J connectivity index is 1.48. The van der Waals surface area contributed by atoms with E-state index in [1.54, 1.807) is 0 Å². The van der Waals surface area contributed by atoms with Crippen molar-refractivity contribution in [3.63, 3.8) is 0 Å². The summed E-state index contributed by atoms with van der Waals surface area (Å²) in [6.07, 6.45) is 2.90. The molecule has 2 aliphatic heterocycles. The molecule has 24 heavy (non-hydrogen) atoms. The molecule has 1 spiro atoms. The van der Waals surface area contributed by atoms with Crippen LogP contribution in [0.3, 0.4) is 0 Å². The summed E-state index contributed by atoms with van der Waals surface area (Å²) in [6.45, 7) is 3.62. The average molecular weight is 347 g/mol. The van der Waals surface area contributed by atoms with Crippen LogP contribution in [-0.2, 0) is 4.79 Å². The van der Waals surface area contributed by atoms with Crippen molar-refractivity contribution < 1.29 is 4.79 Å². The lowest BCUT2D eigenvalue weighted by atomic mass is 9.79. The minimum Gasteiger partial charge on any atom is -0.355 e. The number of likely N-dealkylation sites (tertiary alicyclic amines) is 1. The van der Waals surface area contributed by atoms with Gasteiger partial charge in [0.05, 0.1) is 0 Å². The molecule has 2 heterocycles. The van der Waals surface area contributed by atoms with Gasteiger partial charge in [-0.05, 0) is 25.0 Å². The summed E-state index contributed by atoms with van der Waals surface area (Å²) in [5.74, 6) is 2.16. The van der Waals surface area contributed by atoms with Gasteiger partial charge in [-0.3, -0.25) is 9.79 Å². The minimum absolute atomic E-state index is 0.103. The van der Waals surface area contributed by atoms with Crippen molar-refractivity contribution in [1.29, 1.82) is 0 Å². The third kappa shape index (κ3) is 4.23. The second-order valence-electron chi connectivity index (χ2n) is 6.61. The molecule has 0 bridgehead atoms. The molecule has 2 aliphatic rings. The predicted octanol–water partition coefficient (Wildman–Crippen LogP) is 1.96. The second-order valence-corrected chi connectivity index (χ2v) is 7.78. The molecule has 2 saturated heterocycles. The van der Waals surface area contributed by atoms with E-state index in [-0.39, 0.29) is 11.3 Å². The summed E-state index contributed by atoms with van der Waals surface area (Å²) in [5.41, 5.74) is 0.103. The first-order valence-electron chi connectivity index (χ1n) is 8.61. The number of rotatable bonds is 4. The van der Waals surface area contributed by atoms with Gasteiger partial charge >= 0.3 is 0 Å². The summed E-state index contributed by atoms with van der Waals surface area (Å²) >= 11 is 1.85. The van der Waals surface area contributed by atoms with E-state index < -0.39 is 0 Å². The molecule has 2 N–H and O–H groups in total. The smallest absolute Gasteiger partial charge is 0.220 e. The molecule has 0 aliphatic carbocycles. The van der Waals surface area contributed by atoms with Crippen LogP contribution in [0.5, 0.6) is 0 Å². The number of carbonyl (C=O) groups is 1. The van der Waals surface area contributed by atoms with Gasteiger partial charge in [-0.1, -0.05) is 18.2 Å². The van der Waals surface area contributed by atoms with Gasteiger partial charge in [-0.2, -0.15) is 0 Å². The SMILES string of the molecule is CN=C(NCCSc1ccccc1)N1CCCC2(CNC(=O)C2)C1. The molecule has 130 valence electrons.